The molecule has 0 aromatic rings. The molecule has 0 saturated carbocycles. The van der Waals surface area contributed by atoms with Gasteiger partial charge in [-0.15, -0.1) is 0 Å². The SMILES string of the molecule is CCCCCCCCCCCCOCCC(C)(C)C. The molecule has 0 radical (unpaired) electrons. The van der Waals surface area contributed by atoms with Crippen molar-refractivity contribution in [3.05, 3.63) is 0 Å². The lowest BCUT2D eigenvalue weighted by atomic mass is 9.93. The van der Waals surface area contributed by atoms with E-state index in [4.69, 9.17) is 4.74 Å². The van der Waals surface area contributed by atoms with Gasteiger partial charge in [0.25, 0.3) is 0 Å². The molecule has 0 aliphatic rings. The third kappa shape index (κ3) is 18.0. The minimum atomic E-state index is 0.414. The summed E-state index contributed by atoms with van der Waals surface area (Å²) in [4.78, 5) is 0. The summed E-state index contributed by atoms with van der Waals surface area (Å²) in [5, 5.41) is 0. The van der Waals surface area contributed by atoms with Crippen LogP contribution in [0.15, 0.2) is 0 Å². The van der Waals surface area contributed by atoms with E-state index in [1.54, 1.807) is 0 Å². The van der Waals surface area contributed by atoms with Crippen LogP contribution in [0.25, 0.3) is 0 Å². The first kappa shape index (κ1) is 19.0. The highest BCUT2D eigenvalue weighted by molar-refractivity contribution is 4.59. The van der Waals surface area contributed by atoms with E-state index >= 15 is 0 Å². The van der Waals surface area contributed by atoms with Gasteiger partial charge in [0.1, 0.15) is 0 Å². The van der Waals surface area contributed by atoms with Gasteiger partial charge in [-0.25, -0.2) is 0 Å². The average Bonchev–Trinajstić information content (AvgIpc) is 2.34. The fraction of sp³-hybridized carbons (Fsp3) is 1.00. The van der Waals surface area contributed by atoms with Gasteiger partial charge in [0.05, 0.1) is 0 Å². The van der Waals surface area contributed by atoms with Crippen LogP contribution in [0.2, 0.25) is 0 Å². The Morgan fingerprint density at radius 2 is 1.11 bits per heavy atom. The van der Waals surface area contributed by atoms with Crippen LogP contribution in [0.1, 0.15) is 98.3 Å². The van der Waals surface area contributed by atoms with Crippen molar-refractivity contribution in [3.63, 3.8) is 0 Å². The molecule has 1 nitrogen and oxygen atoms in total. The number of unbranched alkanes of at least 4 members (excludes halogenated alkanes) is 9. The Hall–Kier alpha value is -0.0400. The van der Waals surface area contributed by atoms with Crippen LogP contribution in [0.3, 0.4) is 0 Å². The molecule has 0 unspecified atom stereocenters. The maximum absolute atomic E-state index is 5.68. The molecule has 0 atom stereocenters. The molecule has 0 bridgehead atoms. The van der Waals surface area contributed by atoms with Crippen LogP contribution in [-0.2, 0) is 4.74 Å². The van der Waals surface area contributed by atoms with E-state index in [9.17, 15) is 0 Å². The van der Waals surface area contributed by atoms with E-state index in [0.717, 1.165) is 13.2 Å². The van der Waals surface area contributed by atoms with Crippen LogP contribution < -0.4 is 0 Å². The predicted octanol–water partition coefficient (Wildman–Crippen LogP) is 6.36. The molecule has 0 N–H and O–H groups in total. The number of hydrogen-bond donors (Lipinski definition) is 0. The maximum atomic E-state index is 5.68. The Bertz CT molecular complexity index is 169. The number of rotatable bonds is 13. The fourth-order valence-corrected chi connectivity index (χ4v) is 2.17. The van der Waals surface area contributed by atoms with Gasteiger partial charge in [-0.1, -0.05) is 85.5 Å². The number of hydrogen-bond acceptors (Lipinski definition) is 1. The van der Waals surface area contributed by atoms with Gasteiger partial charge in [-0.2, -0.15) is 0 Å². The average molecular weight is 271 g/mol. The van der Waals surface area contributed by atoms with Gasteiger partial charge in [-0.05, 0) is 18.3 Å². The van der Waals surface area contributed by atoms with Crippen molar-refractivity contribution in [1.29, 1.82) is 0 Å². The first-order valence-electron chi connectivity index (χ1n) is 8.64. The summed E-state index contributed by atoms with van der Waals surface area (Å²) in [6.45, 7) is 11.0. The minimum absolute atomic E-state index is 0.414. The molecular weight excluding hydrogens is 232 g/mol. The van der Waals surface area contributed by atoms with E-state index in [2.05, 4.69) is 27.7 Å². The summed E-state index contributed by atoms with van der Waals surface area (Å²) >= 11 is 0. The summed E-state index contributed by atoms with van der Waals surface area (Å²) in [5.41, 5.74) is 0.414. The molecular formula is C18H38O. The van der Waals surface area contributed by atoms with E-state index in [1.165, 1.54) is 70.6 Å². The highest BCUT2D eigenvalue weighted by Crippen LogP contribution is 2.18. The Balaban J connectivity index is 2.99. The zero-order valence-electron chi connectivity index (χ0n) is 14.1. The van der Waals surface area contributed by atoms with Crippen LogP contribution in [0.5, 0.6) is 0 Å². The first-order chi connectivity index (χ1) is 9.06. The zero-order chi connectivity index (χ0) is 14.4. The van der Waals surface area contributed by atoms with Crippen LogP contribution in [0, 0.1) is 5.41 Å². The molecule has 19 heavy (non-hydrogen) atoms. The quantitative estimate of drug-likeness (QED) is 0.354. The van der Waals surface area contributed by atoms with E-state index < -0.39 is 0 Å². The van der Waals surface area contributed by atoms with Crippen molar-refractivity contribution in [2.24, 2.45) is 5.41 Å². The zero-order valence-corrected chi connectivity index (χ0v) is 14.1. The van der Waals surface area contributed by atoms with Crippen molar-refractivity contribution < 1.29 is 4.74 Å². The second-order valence-corrected chi connectivity index (χ2v) is 7.11. The van der Waals surface area contributed by atoms with E-state index in [0.29, 0.717) is 5.41 Å². The van der Waals surface area contributed by atoms with Crippen molar-refractivity contribution in [2.75, 3.05) is 13.2 Å². The van der Waals surface area contributed by atoms with Gasteiger partial charge < -0.3 is 4.74 Å². The molecule has 0 fully saturated rings. The summed E-state index contributed by atoms with van der Waals surface area (Å²) in [6, 6.07) is 0. The lowest BCUT2D eigenvalue weighted by molar-refractivity contribution is 0.105. The third-order valence-corrected chi connectivity index (χ3v) is 3.64. The molecule has 0 rings (SSSR count). The summed E-state index contributed by atoms with van der Waals surface area (Å²) in [7, 11) is 0. The van der Waals surface area contributed by atoms with E-state index in [1.807, 2.05) is 0 Å². The molecule has 0 spiro atoms. The van der Waals surface area contributed by atoms with Crippen molar-refractivity contribution in [3.8, 4) is 0 Å². The summed E-state index contributed by atoms with van der Waals surface area (Å²) < 4.78 is 5.68. The van der Waals surface area contributed by atoms with Crippen LogP contribution in [0.4, 0.5) is 0 Å². The second-order valence-electron chi connectivity index (χ2n) is 7.11. The fourth-order valence-electron chi connectivity index (χ4n) is 2.17. The predicted molar refractivity (Wildman–Crippen MR) is 86.7 cm³/mol. The molecule has 0 saturated heterocycles. The number of ether oxygens (including phenoxy) is 1. The molecule has 0 aliphatic heterocycles. The molecule has 0 aliphatic carbocycles. The second kappa shape index (κ2) is 13.0. The standard InChI is InChI=1S/C18H38O/c1-5-6-7-8-9-10-11-12-13-14-16-19-17-15-18(2,3)4/h5-17H2,1-4H3. The largest absolute Gasteiger partial charge is 0.381 e. The van der Waals surface area contributed by atoms with Crippen LogP contribution in [-0.4, -0.2) is 13.2 Å². The van der Waals surface area contributed by atoms with Crippen molar-refractivity contribution in [2.45, 2.75) is 98.3 Å². The molecule has 0 heterocycles. The summed E-state index contributed by atoms with van der Waals surface area (Å²) in [6.07, 6.45) is 15.2. The maximum Gasteiger partial charge on any atom is 0.0471 e. The highest BCUT2D eigenvalue weighted by atomic mass is 16.5. The molecule has 0 aromatic heterocycles. The van der Waals surface area contributed by atoms with Crippen molar-refractivity contribution >= 4 is 0 Å². The van der Waals surface area contributed by atoms with Gasteiger partial charge in [0, 0.05) is 13.2 Å². The third-order valence-electron chi connectivity index (χ3n) is 3.64. The lowest BCUT2D eigenvalue weighted by Crippen LogP contribution is -2.09. The Kier molecular flexibility index (Phi) is 12.9. The van der Waals surface area contributed by atoms with Gasteiger partial charge >= 0.3 is 0 Å². The molecule has 0 aromatic carbocycles. The topological polar surface area (TPSA) is 9.23 Å². The Morgan fingerprint density at radius 1 is 0.632 bits per heavy atom. The molecule has 1 heteroatoms. The Morgan fingerprint density at radius 3 is 1.58 bits per heavy atom. The normalized spacial score (nSPS) is 12.0. The van der Waals surface area contributed by atoms with Gasteiger partial charge in [0.2, 0.25) is 0 Å². The summed E-state index contributed by atoms with van der Waals surface area (Å²) in [5.74, 6) is 0. The Labute approximate surface area is 122 Å². The lowest BCUT2D eigenvalue weighted by Gasteiger charge is -2.17. The van der Waals surface area contributed by atoms with Crippen LogP contribution >= 0.6 is 0 Å². The smallest absolute Gasteiger partial charge is 0.0471 e. The van der Waals surface area contributed by atoms with Gasteiger partial charge in [-0.3, -0.25) is 0 Å². The van der Waals surface area contributed by atoms with E-state index in [-0.39, 0.29) is 0 Å². The molecule has 0 amide bonds. The van der Waals surface area contributed by atoms with Crippen molar-refractivity contribution in [1.82, 2.24) is 0 Å². The molecule has 116 valence electrons. The minimum Gasteiger partial charge on any atom is -0.381 e. The highest BCUT2D eigenvalue weighted by Gasteiger charge is 2.08. The first-order valence-corrected chi connectivity index (χ1v) is 8.64. The van der Waals surface area contributed by atoms with Gasteiger partial charge in [0.15, 0.2) is 0 Å². The monoisotopic (exact) mass is 270 g/mol.